The van der Waals surface area contributed by atoms with Gasteiger partial charge in [-0.2, -0.15) is 0 Å². The van der Waals surface area contributed by atoms with Crippen LogP contribution in [-0.2, 0) is 9.53 Å². The molecular formula is C14H20N2O3. The van der Waals surface area contributed by atoms with Crippen LogP contribution in [0.1, 0.15) is 18.7 Å². The highest BCUT2D eigenvalue weighted by molar-refractivity contribution is 5.84. The van der Waals surface area contributed by atoms with Gasteiger partial charge in [0.25, 0.3) is 0 Å². The fourth-order valence-electron chi connectivity index (χ4n) is 2.35. The lowest BCUT2D eigenvalue weighted by atomic mass is 10.1. The van der Waals surface area contributed by atoms with Gasteiger partial charge in [-0.05, 0) is 13.0 Å². The summed E-state index contributed by atoms with van der Waals surface area (Å²) in [5.74, 6) is 0.872. The van der Waals surface area contributed by atoms with Gasteiger partial charge < -0.3 is 14.4 Å². The predicted octanol–water partition coefficient (Wildman–Crippen LogP) is 1.16. The molecule has 1 aromatic rings. The normalized spacial score (nSPS) is 22.9. The number of methoxy groups -OCH3 is 2. The lowest BCUT2D eigenvalue weighted by Gasteiger charge is -2.25. The van der Waals surface area contributed by atoms with Gasteiger partial charge >= 0.3 is 0 Å². The first kappa shape index (κ1) is 13.8. The maximum atomic E-state index is 12.2. The number of nitrogens with one attached hydrogen (secondary N) is 1. The summed E-state index contributed by atoms with van der Waals surface area (Å²) < 4.78 is 10.4. The zero-order chi connectivity index (χ0) is 13.8. The van der Waals surface area contributed by atoms with E-state index in [-0.39, 0.29) is 18.1 Å². The van der Waals surface area contributed by atoms with Crippen LogP contribution in [0.25, 0.3) is 0 Å². The van der Waals surface area contributed by atoms with Gasteiger partial charge in [0, 0.05) is 19.2 Å². The third-order valence-electron chi connectivity index (χ3n) is 3.34. The molecule has 19 heavy (non-hydrogen) atoms. The van der Waals surface area contributed by atoms with Gasteiger partial charge in [-0.3, -0.25) is 10.1 Å². The number of benzene rings is 1. The molecule has 1 aromatic carbocycles. The second kappa shape index (κ2) is 6.04. The highest BCUT2D eigenvalue weighted by Gasteiger charge is 2.37. The van der Waals surface area contributed by atoms with E-state index in [0.29, 0.717) is 13.2 Å². The SMILES string of the molecule is COCCN1C(=O)C(C)NC1c1ccccc1OC. The average molecular weight is 264 g/mol. The first-order valence-corrected chi connectivity index (χ1v) is 6.37. The lowest BCUT2D eigenvalue weighted by molar-refractivity contribution is -0.130. The van der Waals surface area contributed by atoms with E-state index in [1.807, 2.05) is 31.2 Å². The fourth-order valence-corrected chi connectivity index (χ4v) is 2.35. The quantitative estimate of drug-likeness (QED) is 0.867. The third kappa shape index (κ3) is 2.72. The second-order valence-electron chi connectivity index (χ2n) is 4.56. The van der Waals surface area contributed by atoms with Crippen LogP contribution in [0, 0.1) is 0 Å². The molecule has 1 heterocycles. The summed E-state index contributed by atoms with van der Waals surface area (Å²) in [7, 11) is 3.27. The largest absolute Gasteiger partial charge is 0.496 e. The van der Waals surface area contributed by atoms with Crippen LogP contribution in [0.5, 0.6) is 5.75 Å². The Bertz CT molecular complexity index is 450. The van der Waals surface area contributed by atoms with E-state index in [4.69, 9.17) is 9.47 Å². The fraction of sp³-hybridized carbons (Fsp3) is 0.500. The molecule has 1 fully saturated rings. The summed E-state index contributed by atoms with van der Waals surface area (Å²) in [5, 5.41) is 3.29. The minimum absolute atomic E-state index is 0.0907. The lowest BCUT2D eigenvalue weighted by Crippen LogP contribution is -2.33. The van der Waals surface area contributed by atoms with Crippen LogP contribution in [0.2, 0.25) is 0 Å². The van der Waals surface area contributed by atoms with Crippen LogP contribution in [-0.4, -0.2) is 44.2 Å². The number of hydrogen-bond acceptors (Lipinski definition) is 4. The van der Waals surface area contributed by atoms with E-state index in [9.17, 15) is 4.79 Å². The highest BCUT2D eigenvalue weighted by Crippen LogP contribution is 2.31. The Labute approximate surface area is 113 Å². The molecule has 0 aliphatic carbocycles. The van der Waals surface area contributed by atoms with Crippen LogP contribution < -0.4 is 10.1 Å². The van der Waals surface area contributed by atoms with Crippen molar-refractivity contribution in [3.05, 3.63) is 29.8 Å². The van der Waals surface area contributed by atoms with Crippen molar-refractivity contribution >= 4 is 5.91 Å². The molecule has 5 nitrogen and oxygen atoms in total. The van der Waals surface area contributed by atoms with Crippen LogP contribution >= 0.6 is 0 Å². The molecule has 0 aromatic heterocycles. The number of amides is 1. The van der Waals surface area contributed by atoms with E-state index in [0.717, 1.165) is 11.3 Å². The minimum atomic E-state index is -0.188. The monoisotopic (exact) mass is 264 g/mol. The number of carbonyl (C=O) groups is 1. The Kier molecular flexibility index (Phi) is 4.39. The third-order valence-corrected chi connectivity index (χ3v) is 3.34. The molecule has 0 radical (unpaired) electrons. The van der Waals surface area contributed by atoms with Crippen molar-refractivity contribution in [1.82, 2.24) is 10.2 Å². The molecule has 1 N–H and O–H groups in total. The minimum Gasteiger partial charge on any atom is -0.496 e. The molecule has 2 unspecified atom stereocenters. The number of carbonyl (C=O) groups excluding carboxylic acids is 1. The number of hydrogen-bond donors (Lipinski definition) is 1. The van der Waals surface area contributed by atoms with Crippen molar-refractivity contribution in [1.29, 1.82) is 0 Å². The van der Waals surface area contributed by atoms with Crippen LogP contribution in [0.4, 0.5) is 0 Å². The van der Waals surface area contributed by atoms with E-state index in [1.54, 1.807) is 19.1 Å². The van der Waals surface area contributed by atoms with Gasteiger partial charge in [-0.25, -0.2) is 0 Å². The standard InChI is InChI=1S/C14H20N2O3/c1-10-14(17)16(8-9-18-2)13(15-10)11-6-4-5-7-12(11)19-3/h4-7,10,13,15H,8-9H2,1-3H3. The molecule has 0 saturated carbocycles. The summed E-state index contributed by atoms with van der Waals surface area (Å²) in [6.45, 7) is 2.96. The Morgan fingerprint density at radius 2 is 2.05 bits per heavy atom. The van der Waals surface area contributed by atoms with Crippen LogP contribution in [0.15, 0.2) is 24.3 Å². The highest BCUT2D eigenvalue weighted by atomic mass is 16.5. The zero-order valence-electron chi connectivity index (χ0n) is 11.6. The van der Waals surface area contributed by atoms with E-state index in [1.165, 1.54) is 0 Å². The smallest absolute Gasteiger partial charge is 0.241 e. The van der Waals surface area contributed by atoms with Crippen molar-refractivity contribution in [2.24, 2.45) is 0 Å². The van der Waals surface area contributed by atoms with Gasteiger partial charge in [0.05, 0.1) is 19.8 Å². The van der Waals surface area contributed by atoms with E-state index in [2.05, 4.69) is 5.32 Å². The van der Waals surface area contributed by atoms with Gasteiger partial charge in [0.1, 0.15) is 11.9 Å². The van der Waals surface area contributed by atoms with Gasteiger partial charge in [-0.1, -0.05) is 18.2 Å². The maximum Gasteiger partial charge on any atom is 0.241 e. The molecule has 1 aliphatic heterocycles. The molecule has 1 saturated heterocycles. The van der Waals surface area contributed by atoms with E-state index < -0.39 is 0 Å². The topological polar surface area (TPSA) is 50.8 Å². The van der Waals surface area contributed by atoms with Gasteiger partial charge in [0.15, 0.2) is 0 Å². The average Bonchev–Trinajstić information content (AvgIpc) is 2.72. The number of nitrogens with zero attached hydrogens (tertiary/aromatic N) is 1. The summed E-state index contributed by atoms with van der Waals surface area (Å²) >= 11 is 0. The summed E-state index contributed by atoms with van der Waals surface area (Å²) in [5.41, 5.74) is 0.971. The molecule has 0 spiro atoms. The van der Waals surface area contributed by atoms with Gasteiger partial charge in [0.2, 0.25) is 5.91 Å². The molecule has 2 atom stereocenters. The zero-order valence-corrected chi connectivity index (χ0v) is 11.6. The molecule has 0 bridgehead atoms. The first-order chi connectivity index (χ1) is 9.19. The Morgan fingerprint density at radius 3 is 2.74 bits per heavy atom. The van der Waals surface area contributed by atoms with E-state index >= 15 is 0 Å². The predicted molar refractivity (Wildman–Crippen MR) is 71.9 cm³/mol. The summed E-state index contributed by atoms with van der Waals surface area (Å²) in [6.07, 6.45) is -0.159. The first-order valence-electron chi connectivity index (χ1n) is 6.37. The van der Waals surface area contributed by atoms with Crippen LogP contribution in [0.3, 0.4) is 0 Å². The van der Waals surface area contributed by atoms with Crippen molar-refractivity contribution in [3.8, 4) is 5.75 Å². The molecule has 104 valence electrons. The number of ether oxygens (including phenoxy) is 2. The van der Waals surface area contributed by atoms with Crippen molar-refractivity contribution < 1.29 is 14.3 Å². The molecular weight excluding hydrogens is 244 g/mol. The Hall–Kier alpha value is -1.59. The molecule has 2 rings (SSSR count). The Balaban J connectivity index is 2.28. The maximum absolute atomic E-state index is 12.2. The summed E-state index contributed by atoms with van der Waals surface area (Å²) in [6, 6.07) is 7.55. The number of rotatable bonds is 5. The van der Waals surface area contributed by atoms with Gasteiger partial charge in [-0.15, -0.1) is 0 Å². The number of para-hydroxylation sites is 1. The van der Waals surface area contributed by atoms with Crippen molar-refractivity contribution in [2.75, 3.05) is 27.4 Å². The van der Waals surface area contributed by atoms with Crippen molar-refractivity contribution in [3.63, 3.8) is 0 Å². The van der Waals surface area contributed by atoms with Crippen molar-refractivity contribution in [2.45, 2.75) is 19.1 Å². The summed E-state index contributed by atoms with van der Waals surface area (Å²) in [4.78, 5) is 14.0. The molecule has 5 heteroatoms. The second-order valence-corrected chi connectivity index (χ2v) is 4.56. The molecule has 1 aliphatic rings. The Morgan fingerprint density at radius 1 is 1.32 bits per heavy atom. The molecule has 1 amide bonds.